The second-order valence-electron chi connectivity index (χ2n) is 22.6. The first-order chi connectivity index (χ1) is 52.6. The van der Waals surface area contributed by atoms with Crippen LogP contribution in [0, 0.1) is 130 Å². The van der Waals surface area contributed by atoms with Crippen molar-refractivity contribution in [3.8, 4) is 11.1 Å². The van der Waals surface area contributed by atoms with Gasteiger partial charge in [0.25, 0.3) is 0 Å². The maximum atomic E-state index is 4.44. The van der Waals surface area contributed by atoms with Crippen LogP contribution in [0.25, 0.3) is 65.3 Å². The number of fused-ring (bicyclic) bond motifs is 6. The van der Waals surface area contributed by atoms with E-state index in [9.17, 15) is 0 Å². The SMILES string of the molecule is CC.CC.CC.CC.CC.CC.CC.CC.CC.Cc1c[c-]c(-c2[c-]cc(C)cc2)cc1.Cc1cc(C)c2ccccc2n1.Cc1cc(C)ncn1.Cc1cc2ccccc2c(C)n1.Cc1ccc2c(ccc3cc(C)ccc32)c1.Cc1ccnc(C)n1.Cc1nc(C)c2ccccc2n1.Cc1nc(C)nc(C)n1.[Y]. The van der Waals surface area contributed by atoms with Crippen LogP contribution in [0.2, 0.25) is 0 Å². The van der Waals surface area contributed by atoms with Crippen LogP contribution in [-0.4, -0.2) is 54.8 Å². The number of pyridine rings is 2. The molecule has 0 saturated heterocycles. The molecule has 6 heterocycles. The van der Waals surface area contributed by atoms with Crippen molar-refractivity contribution in [3.63, 3.8) is 0 Å². The first kappa shape index (κ1) is 107. The molecule has 110 heavy (non-hydrogen) atoms. The average molecular weight is 1560 g/mol. The maximum Gasteiger partial charge on any atom is 0.129 e. The van der Waals surface area contributed by atoms with Gasteiger partial charge in [0.2, 0.25) is 0 Å². The van der Waals surface area contributed by atoms with Gasteiger partial charge in [-0.25, -0.2) is 56.0 Å². The Morgan fingerprint density at radius 3 is 1.01 bits per heavy atom. The molecule has 589 valence electrons. The molecule has 14 aromatic rings. The van der Waals surface area contributed by atoms with Gasteiger partial charge in [-0.15, -0.1) is 11.1 Å². The van der Waals surface area contributed by atoms with Crippen molar-refractivity contribution < 1.29 is 32.7 Å². The third-order valence-electron chi connectivity index (χ3n) is 14.2. The molecule has 0 aliphatic carbocycles. The summed E-state index contributed by atoms with van der Waals surface area (Å²) in [4.78, 5) is 45.3. The van der Waals surface area contributed by atoms with E-state index in [1.54, 1.807) is 12.5 Å². The van der Waals surface area contributed by atoms with Crippen LogP contribution >= 0.6 is 0 Å². The van der Waals surface area contributed by atoms with Crippen molar-refractivity contribution in [2.24, 2.45) is 0 Å². The van der Waals surface area contributed by atoms with E-state index < -0.39 is 0 Å². The Hall–Kier alpha value is -9.29. The Balaban J connectivity index is -0.000000570. The molecule has 0 unspecified atom stereocenters. The van der Waals surface area contributed by atoms with Crippen molar-refractivity contribution in [2.45, 2.75) is 242 Å². The van der Waals surface area contributed by atoms with Crippen molar-refractivity contribution in [1.82, 2.24) is 54.8 Å². The second kappa shape index (κ2) is 64.5. The number of hydrogen-bond donors (Lipinski definition) is 0. The van der Waals surface area contributed by atoms with Gasteiger partial charge in [-0.05, 0) is 173 Å². The first-order valence-electron chi connectivity index (χ1n) is 39.5. The minimum Gasteiger partial charge on any atom is -0.258 e. The van der Waals surface area contributed by atoms with Gasteiger partial charge in [-0.3, -0.25) is 9.97 Å². The van der Waals surface area contributed by atoms with Crippen LogP contribution in [0.15, 0.2) is 195 Å². The van der Waals surface area contributed by atoms with Crippen LogP contribution in [0.3, 0.4) is 0 Å². The fraction of sp³-hybridized carbons (Fsp3) is 0.357. The van der Waals surface area contributed by atoms with E-state index in [0.717, 1.165) is 96.5 Å². The largest absolute Gasteiger partial charge is 0.258 e. The summed E-state index contributed by atoms with van der Waals surface area (Å²) < 4.78 is 0. The Labute approximate surface area is 693 Å². The van der Waals surface area contributed by atoms with Crippen molar-refractivity contribution >= 4 is 54.1 Å². The van der Waals surface area contributed by atoms with Crippen LogP contribution in [0.1, 0.15) is 221 Å². The van der Waals surface area contributed by atoms with Gasteiger partial charge in [0, 0.05) is 94.9 Å². The molecule has 0 fully saturated rings. The monoisotopic (exact) mass is 1560 g/mol. The molecule has 6 aromatic heterocycles. The summed E-state index contributed by atoms with van der Waals surface area (Å²) in [7, 11) is 0. The zero-order valence-corrected chi connectivity index (χ0v) is 77.3. The second-order valence-corrected chi connectivity index (χ2v) is 22.6. The van der Waals surface area contributed by atoms with E-state index in [0.29, 0.717) is 0 Å². The molecule has 12 heteroatoms. The van der Waals surface area contributed by atoms with E-state index in [1.165, 1.54) is 65.5 Å². The molecule has 0 aliphatic heterocycles. The minimum absolute atomic E-state index is 0. The van der Waals surface area contributed by atoms with Gasteiger partial charge in [0.1, 0.15) is 35.4 Å². The molecule has 0 saturated carbocycles. The molecule has 8 aromatic carbocycles. The molecule has 0 aliphatic rings. The van der Waals surface area contributed by atoms with Gasteiger partial charge >= 0.3 is 0 Å². The topological polar surface area (TPSA) is 142 Å². The zero-order valence-electron chi connectivity index (χ0n) is 74.5. The Bertz CT molecular complexity index is 4260. The van der Waals surface area contributed by atoms with E-state index in [2.05, 4.69) is 224 Å². The molecule has 0 bridgehead atoms. The summed E-state index contributed by atoms with van der Waals surface area (Å²) in [6.45, 7) is 69.9. The zero-order chi connectivity index (χ0) is 83.6. The van der Waals surface area contributed by atoms with Gasteiger partial charge in [0.15, 0.2) is 0 Å². The standard InChI is InChI=1S/C16H14.C14H12.2C11H11N.C10H10N2.C6H9N3.2C6H8N2.9C2H6.Y/c1-11-3-7-15-13(9-11)5-6-14-10-12(2)4-8-16(14)15;1-11-3-7-13(8-4-11)14-9-5-12(2)6-10-14;1-8-7-10-5-3-4-6-11(10)9(2)12-8;1-8-7-9(2)12-11-6-4-3-5-10(8)11;1-7-9-5-3-4-6-10(9)12-8(2)11-7;1-4-7-5(2)9-6(3)8-4;1-5-3-6(2)8-4-7-5;1-5-3-4-7-6(2)8-5;9*1-2;/h3-10H,1-2H3;3-7,9H,1-2H3;2*3-7H,1-2H3;3-6H,1-2H3;1-3H3;2*3-4H,1-2H3;9*1-2H3;/q;-2;;;;;;;;;;;;;;;;. The predicted molar refractivity (Wildman–Crippen MR) is 481 cm³/mol. The molecule has 0 atom stereocenters. The Morgan fingerprint density at radius 2 is 0.609 bits per heavy atom. The molecule has 0 amide bonds. The third kappa shape index (κ3) is 41.5. The predicted octanol–water partition coefficient (Wildman–Crippen LogP) is 28.3. The van der Waals surface area contributed by atoms with Crippen molar-refractivity contribution in [1.29, 1.82) is 0 Å². The van der Waals surface area contributed by atoms with E-state index in [4.69, 9.17) is 0 Å². The number of nitrogens with zero attached hydrogens (tertiary/aromatic N) is 11. The van der Waals surface area contributed by atoms with E-state index in [-0.39, 0.29) is 32.7 Å². The summed E-state index contributed by atoms with van der Waals surface area (Å²) in [6, 6.07) is 69.2. The van der Waals surface area contributed by atoms with E-state index >= 15 is 0 Å². The summed E-state index contributed by atoms with van der Waals surface area (Å²) in [5.74, 6) is 4.05. The molecule has 14 rings (SSSR count). The number of rotatable bonds is 1. The van der Waals surface area contributed by atoms with Gasteiger partial charge in [-0.1, -0.05) is 259 Å². The van der Waals surface area contributed by atoms with Crippen LogP contribution in [0.5, 0.6) is 0 Å². The van der Waals surface area contributed by atoms with Crippen molar-refractivity contribution in [2.75, 3.05) is 0 Å². The fourth-order valence-electron chi connectivity index (χ4n) is 10.0. The van der Waals surface area contributed by atoms with Gasteiger partial charge in [0.05, 0.1) is 11.0 Å². The summed E-state index contributed by atoms with van der Waals surface area (Å²) in [6.07, 6.45) is 3.34. The van der Waals surface area contributed by atoms with Crippen LogP contribution < -0.4 is 0 Å². The molecule has 1 radical (unpaired) electrons. The molecule has 0 N–H and O–H groups in total. The smallest absolute Gasteiger partial charge is 0.129 e. The fourth-order valence-corrected chi connectivity index (χ4v) is 10.0. The number of hydrogen-bond acceptors (Lipinski definition) is 11. The molecule has 11 nitrogen and oxygen atoms in total. The normalized spacial score (nSPS) is 8.97. The minimum atomic E-state index is 0. The van der Waals surface area contributed by atoms with Crippen molar-refractivity contribution in [3.05, 3.63) is 303 Å². The molecule has 0 spiro atoms. The number of benzene rings is 8. The van der Waals surface area contributed by atoms with E-state index in [1.807, 2.05) is 268 Å². The number of aromatic nitrogens is 11. The Kier molecular flexibility index (Phi) is 62.8. The van der Waals surface area contributed by atoms with Gasteiger partial charge in [-0.2, -0.15) is 48.5 Å². The maximum absolute atomic E-state index is 4.44. The summed E-state index contributed by atoms with van der Waals surface area (Å²) >= 11 is 0. The first-order valence-corrected chi connectivity index (χ1v) is 39.5. The third-order valence-corrected chi connectivity index (χ3v) is 14.2. The number of aryl methyl sites for hydroxylation is 17. The van der Waals surface area contributed by atoms with Crippen LogP contribution in [-0.2, 0) is 32.7 Å². The van der Waals surface area contributed by atoms with Crippen LogP contribution in [0.4, 0.5) is 0 Å². The summed E-state index contributed by atoms with van der Waals surface area (Å²) in [5, 5.41) is 10.3. The average Bonchev–Trinajstić information content (AvgIpc) is 0.799. The number of para-hydroxylation sites is 2. The summed E-state index contributed by atoms with van der Waals surface area (Å²) in [5.41, 5.74) is 18.2. The molecular formula is C98H137N11Y-2. The Morgan fingerprint density at radius 1 is 0.236 bits per heavy atom. The molecular weight excluding hydrogens is 1420 g/mol. The quantitative estimate of drug-likeness (QED) is 0.114. The van der Waals surface area contributed by atoms with Gasteiger partial charge < -0.3 is 0 Å².